The molecule has 0 N–H and O–H groups in total. The highest BCUT2D eigenvalue weighted by Crippen LogP contribution is 1.99. The lowest BCUT2D eigenvalue weighted by Gasteiger charge is -1.99. The summed E-state index contributed by atoms with van der Waals surface area (Å²) < 4.78 is 0. The summed E-state index contributed by atoms with van der Waals surface area (Å²) in [6.45, 7) is 4.02. The predicted octanol–water partition coefficient (Wildman–Crippen LogP) is 1.51. The molecule has 0 saturated heterocycles. The minimum Gasteiger partial charge on any atom is -0.211 e. The SMILES string of the molecule is CCC(CC)N=C=O. The van der Waals surface area contributed by atoms with Crippen molar-refractivity contribution in [1.82, 2.24) is 0 Å². The van der Waals surface area contributed by atoms with Crippen molar-refractivity contribution >= 4 is 6.08 Å². The minimum absolute atomic E-state index is 0.201. The smallest absolute Gasteiger partial charge is 0.211 e. The molecule has 2 heteroatoms. The number of hydrogen-bond acceptors (Lipinski definition) is 2. The maximum Gasteiger partial charge on any atom is 0.235 e. The summed E-state index contributed by atoms with van der Waals surface area (Å²) in [5.74, 6) is 0. The Kier molecular flexibility index (Phi) is 4.19. The molecule has 0 amide bonds. The lowest BCUT2D eigenvalue weighted by atomic mass is 10.2. The number of aliphatic imine (C=N–C) groups is 1. The zero-order chi connectivity index (χ0) is 6.41. The van der Waals surface area contributed by atoms with E-state index in [-0.39, 0.29) is 6.04 Å². The Labute approximate surface area is 49.6 Å². The number of isocyanates is 1. The third-order valence-electron chi connectivity index (χ3n) is 1.18. The van der Waals surface area contributed by atoms with Crippen LogP contribution in [0.2, 0.25) is 0 Å². The van der Waals surface area contributed by atoms with Gasteiger partial charge in [-0.2, -0.15) is 0 Å². The van der Waals surface area contributed by atoms with Crippen molar-refractivity contribution in [2.75, 3.05) is 0 Å². The van der Waals surface area contributed by atoms with Gasteiger partial charge in [0.25, 0.3) is 0 Å². The highest BCUT2D eigenvalue weighted by atomic mass is 16.1. The number of carbonyl (C=O) groups excluding carboxylic acids is 1. The minimum atomic E-state index is 0.201. The van der Waals surface area contributed by atoms with Crippen LogP contribution < -0.4 is 0 Å². The molecule has 0 atom stereocenters. The third kappa shape index (κ3) is 2.54. The Morgan fingerprint density at radius 3 is 2.12 bits per heavy atom. The van der Waals surface area contributed by atoms with Gasteiger partial charge in [0.1, 0.15) is 0 Å². The van der Waals surface area contributed by atoms with Gasteiger partial charge in [-0.05, 0) is 12.8 Å². The van der Waals surface area contributed by atoms with Gasteiger partial charge in [0, 0.05) is 0 Å². The van der Waals surface area contributed by atoms with Crippen LogP contribution in [0.3, 0.4) is 0 Å². The van der Waals surface area contributed by atoms with Crippen molar-refractivity contribution in [3.05, 3.63) is 0 Å². The first-order valence-corrected chi connectivity index (χ1v) is 2.92. The van der Waals surface area contributed by atoms with Crippen molar-refractivity contribution in [3.8, 4) is 0 Å². The van der Waals surface area contributed by atoms with Gasteiger partial charge in [-0.1, -0.05) is 13.8 Å². The summed E-state index contributed by atoms with van der Waals surface area (Å²) in [6, 6.07) is 0.201. The summed E-state index contributed by atoms with van der Waals surface area (Å²) in [5.41, 5.74) is 0. The molecule has 0 radical (unpaired) electrons. The zero-order valence-electron chi connectivity index (χ0n) is 5.35. The summed E-state index contributed by atoms with van der Waals surface area (Å²) in [5, 5.41) is 0. The molecule has 0 saturated carbocycles. The first-order chi connectivity index (χ1) is 3.85. The Morgan fingerprint density at radius 2 is 2.00 bits per heavy atom. The monoisotopic (exact) mass is 113 g/mol. The van der Waals surface area contributed by atoms with Gasteiger partial charge < -0.3 is 0 Å². The predicted molar refractivity (Wildman–Crippen MR) is 32.5 cm³/mol. The van der Waals surface area contributed by atoms with Crippen LogP contribution >= 0.6 is 0 Å². The number of rotatable bonds is 3. The number of nitrogens with zero attached hydrogens (tertiary/aromatic N) is 1. The van der Waals surface area contributed by atoms with Crippen LogP contribution in [0.25, 0.3) is 0 Å². The largest absolute Gasteiger partial charge is 0.235 e. The van der Waals surface area contributed by atoms with E-state index in [9.17, 15) is 4.79 Å². The fourth-order valence-electron chi connectivity index (χ4n) is 0.546. The quantitative estimate of drug-likeness (QED) is 0.403. The van der Waals surface area contributed by atoms with Crippen molar-refractivity contribution in [2.24, 2.45) is 4.99 Å². The molecular formula is C6H11NO. The van der Waals surface area contributed by atoms with Crippen molar-refractivity contribution in [1.29, 1.82) is 0 Å². The summed E-state index contributed by atoms with van der Waals surface area (Å²) in [7, 11) is 0. The van der Waals surface area contributed by atoms with Crippen LogP contribution in [0.4, 0.5) is 0 Å². The molecule has 0 aliphatic rings. The lowest BCUT2D eigenvalue weighted by molar-refractivity contribution is 0.550. The van der Waals surface area contributed by atoms with Crippen LogP contribution in [-0.4, -0.2) is 12.1 Å². The molecule has 8 heavy (non-hydrogen) atoms. The fourth-order valence-corrected chi connectivity index (χ4v) is 0.546. The fraction of sp³-hybridized carbons (Fsp3) is 0.833. The molecule has 0 bridgehead atoms. The van der Waals surface area contributed by atoms with E-state index in [0.717, 1.165) is 12.8 Å². The van der Waals surface area contributed by atoms with E-state index in [0.29, 0.717) is 0 Å². The second kappa shape index (κ2) is 4.54. The Balaban J connectivity index is 3.52. The van der Waals surface area contributed by atoms with Gasteiger partial charge in [-0.15, -0.1) is 0 Å². The van der Waals surface area contributed by atoms with E-state index in [1.165, 1.54) is 0 Å². The molecule has 0 aromatic heterocycles. The van der Waals surface area contributed by atoms with Crippen LogP contribution in [-0.2, 0) is 4.79 Å². The maximum atomic E-state index is 9.64. The van der Waals surface area contributed by atoms with Gasteiger partial charge in [0.05, 0.1) is 6.04 Å². The average molecular weight is 113 g/mol. The second-order valence-corrected chi connectivity index (χ2v) is 1.69. The average Bonchev–Trinajstić information content (AvgIpc) is 1.83. The molecule has 46 valence electrons. The van der Waals surface area contributed by atoms with Crippen molar-refractivity contribution in [3.63, 3.8) is 0 Å². The highest BCUT2D eigenvalue weighted by Gasteiger charge is 1.96. The summed E-state index contributed by atoms with van der Waals surface area (Å²) >= 11 is 0. The Hall–Kier alpha value is -0.620. The Bertz CT molecular complexity index is 90.7. The van der Waals surface area contributed by atoms with Gasteiger partial charge in [-0.25, -0.2) is 9.79 Å². The molecule has 0 aromatic carbocycles. The molecule has 0 aliphatic carbocycles. The van der Waals surface area contributed by atoms with Crippen LogP contribution in [0.15, 0.2) is 4.99 Å². The standard InChI is InChI=1S/C6H11NO/c1-3-6(4-2)7-5-8/h6H,3-4H2,1-2H3. The van der Waals surface area contributed by atoms with E-state index in [4.69, 9.17) is 0 Å². The van der Waals surface area contributed by atoms with Crippen LogP contribution in [0.1, 0.15) is 26.7 Å². The first-order valence-electron chi connectivity index (χ1n) is 2.92. The van der Waals surface area contributed by atoms with Crippen molar-refractivity contribution < 1.29 is 4.79 Å². The highest BCUT2D eigenvalue weighted by molar-refractivity contribution is 5.33. The van der Waals surface area contributed by atoms with E-state index in [1.807, 2.05) is 13.8 Å². The first kappa shape index (κ1) is 7.38. The van der Waals surface area contributed by atoms with E-state index >= 15 is 0 Å². The molecule has 0 rings (SSSR count). The van der Waals surface area contributed by atoms with Gasteiger partial charge in [0.15, 0.2) is 0 Å². The summed E-state index contributed by atoms with van der Waals surface area (Å²) in [4.78, 5) is 13.2. The van der Waals surface area contributed by atoms with E-state index in [2.05, 4.69) is 4.99 Å². The lowest BCUT2D eigenvalue weighted by Crippen LogP contribution is -1.97. The van der Waals surface area contributed by atoms with Crippen LogP contribution in [0.5, 0.6) is 0 Å². The molecule has 2 nitrogen and oxygen atoms in total. The van der Waals surface area contributed by atoms with Crippen molar-refractivity contribution in [2.45, 2.75) is 32.7 Å². The Morgan fingerprint density at radius 1 is 1.50 bits per heavy atom. The zero-order valence-corrected chi connectivity index (χ0v) is 5.35. The maximum absolute atomic E-state index is 9.64. The molecule has 0 aliphatic heterocycles. The van der Waals surface area contributed by atoms with Crippen LogP contribution in [0, 0.1) is 0 Å². The summed E-state index contributed by atoms with van der Waals surface area (Å²) in [6.07, 6.45) is 3.42. The van der Waals surface area contributed by atoms with Gasteiger partial charge in [-0.3, -0.25) is 0 Å². The topological polar surface area (TPSA) is 29.4 Å². The molecule has 0 unspecified atom stereocenters. The molecular weight excluding hydrogens is 102 g/mol. The normalized spacial score (nSPS) is 8.88. The third-order valence-corrected chi connectivity index (χ3v) is 1.18. The van der Waals surface area contributed by atoms with Gasteiger partial charge in [0.2, 0.25) is 6.08 Å². The van der Waals surface area contributed by atoms with E-state index in [1.54, 1.807) is 6.08 Å². The molecule has 0 fully saturated rings. The number of hydrogen-bond donors (Lipinski definition) is 0. The second-order valence-electron chi connectivity index (χ2n) is 1.69. The van der Waals surface area contributed by atoms with Gasteiger partial charge >= 0.3 is 0 Å². The molecule has 0 aromatic rings. The molecule has 0 heterocycles. The molecule has 0 spiro atoms. The van der Waals surface area contributed by atoms with E-state index < -0.39 is 0 Å².